The van der Waals surface area contributed by atoms with Gasteiger partial charge in [0.25, 0.3) is 5.91 Å². The lowest BCUT2D eigenvalue weighted by atomic mass is 9.71. The molecule has 0 aromatic carbocycles. The lowest BCUT2D eigenvalue weighted by Crippen LogP contribution is -2.54. The monoisotopic (exact) mass is 309 g/mol. The van der Waals surface area contributed by atoms with Gasteiger partial charge < -0.3 is 15.7 Å². The Labute approximate surface area is 129 Å². The van der Waals surface area contributed by atoms with Crippen molar-refractivity contribution in [3.8, 4) is 0 Å². The number of nitrogens with two attached hydrogens (primary N) is 1. The van der Waals surface area contributed by atoms with E-state index in [1.165, 1.54) is 11.3 Å². The number of hydrogen-bond acceptors (Lipinski definition) is 5. The minimum absolute atomic E-state index is 0.00199. The zero-order chi connectivity index (χ0) is 14.9. The van der Waals surface area contributed by atoms with Crippen LogP contribution in [0.5, 0.6) is 0 Å². The summed E-state index contributed by atoms with van der Waals surface area (Å²) < 4.78 is 0. The summed E-state index contributed by atoms with van der Waals surface area (Å²) in [4.78, 5) is 18.8. The van der Waals surface area contributed by atoms with E-state index in [4.69, 9.17) is 5.73 Å². The molecule has 3 rings (SSSR count). The zero-order valence-corrected chi connectivity index (χ0v) is 13.1. The number of amides is 1. The summed E-state index contributed by atoms with van der Waals surface area (Å²) in [5.74, 6) is 0.230. The predicted molar refractivity (Wildman–Crippen MR) is 82.3 cm³/mol. The lowest BCUT2D eigenvalue weighted by Gasteiger charge is -2.47. The first-order valence-corrected chi connectivity index (χ1v) is 8.66. The third kappa shape index (κ3) is 2.98. The molecule has 2 heterocycles. The van der Waals surface area contributed by atoms with Gasteiger partial charge >= 0.3 is 0 Å². The van der Waals surface area contributed by atoms with E-state index in [1.54, 1.807) is 0 Å². The third-order valence-electron chi connectivity index (χ3n) is 4.84. The molecule has 5 nitrogen and oxygen atoms in total. The molecule has 2 unspecified atom stereocenters. The van der Waals surface area contributed by atoms with E-state index in [0.717, 1.165) is 37.1 Å². The van der Waals surface area contributed by atoms with Gasteiger partial charge in [-0.05, 0) is 25.8 Å². The number of likely N-dealkylation sites (tertiary alicyclic amines) is 1. The fourth-order valence-corrected chi connectivity index (χ4v) is 4.35. The standard InChI is InChI=1S/C15H23N3O2S/c16-7-4-13-17-12(10-21-13)14(19)18-8-6-15(20)5-2-1-3-11(15)9-18/h10-11,20H,1-9,16H2. The molecule has 2 fully saturated rings. The smallest absolute Gasteiger partial charge is 0.273 e. The normalized spacial score (nSPS) is 29.2. The number of nitrogens with zero attached hydrogens (tertiary/aromatic N) is 2. The second-order valence-corrected chi connectivity index (χ2v) is 7.16. The minimum atomic E-state index is -0.540. The number of thiazole rings is 1. The highest BCUT2D eigenvalue weighted by Gasteiger charge is 2.43. The van der Waals surface area contributed by atoms with Gasteiger partial charge in [0.2, 0.25) is 0 Å². The third-order valence-corrected chi connectivity index (χ3v) is 5.75. The van der Waals surface area contributed by atoms with E-state index in [9.17, 15) is 9.90 Å². The van der Waals surface area contributed by atoms with Gasteiger partial charge in [-0.3, -0.25) is 4.79 Å². The van der Waals surface area contributed by atoms with Gasteiger partial charge in [-0.25, -0.2) is 4.98 Å². The number of fused-ring (bicyclic) bond motifs is 1. The van der Waals surface area contributed by atoms with Crippen molar-refractivity contribution in [3.05, 3.63) is 16.1 Å². The average Bonchev–Trinajstić information content (AvgIpc) is 2.94. The molecule has 21 heavy (non-hydrogen) atoms. The van der Waals surface area contributed by atoms with Crippen LogP contribution in [-0.4, -0.2) is 46.1 Å². The Balaban J connectivity index is 1.68. The van der Waals surface area contributed by atoms with Crippen molar-refractivity contribution >= 4 is 17.2 Å². The highest BCUT2D eigenvalue weighted by Crippen LogP contribution is 2.40. The van der Waals surface area contributed by atoms with Gasteiger partial charge in [-0.1, -0.05) is 12.8 Å². The SMILES string of the molecule is NCCc1nc(C(=O)N2CCC3(O)CCCCC3C2)cs1. The molecule has 2 atom stereocenters. The number of carbonyl (C=O) groups excluding carboxylic acids is 1. The Morgan fingerprint density at radius 1 is 1.52 bits per heavy atom. The molecular weight excluding hydrogens is 286 g/mol. The molecule has 1 aliphatic heterocycles. The zero-order valence-electron chi connectivity index (χ0n) is 12.3. The van der Waals surface area contributed by atoms with E-state index in [-0.39, 0.29) is 11.8 Å². The first-order chi connectivity index (χ1) is 10.1. The number of aromatic nitrogens is 1. The van der Waals surface area contributed by atoms with Crippen LogP contribution in [0.3, 0.4) is 0 Å². The Morgan fingerprint density at radius 3 is 3.19 bits per heavy atom. The molecule has 1 aromatic heterocycles. The maximum absolute atomic E-state index is 12.6. The summed E-state index contributed by atoms with van der Waals surface area (Å²) in [5.41, 5.74) is 5.51. The van der Waals surface area contributed by atoms with Crippen LogP contribution in [0.1, 0.15) is 47.6 Å². The summed E-state index contributed by atoms with van der Waals surface area (Å²) in [5, 5.41) is 13.4. The van der Waals surface area contributed by atoms with Crippen molar-refractivity contribution in [2.75, 3.05) is 19.6 Å². The van der Waals surface area contributed by atoms with Gasteiger partial charge in [0.1, 0.15) is 5.69 Å². The quantitative estimate of drug-likeness (QED) is 0.885. The molecule has 0 radical (unpaired) electrons. The van der Waals surface area contributed by atoms with Gasteiger partial charge in [-0.2, -0.15) is 0 Å². The van der Waals surface area contributed by atoms with Crippen LogP contribution < -0.4 is 5.73 Å². The average molecular weight is 309 g/mol. The Hall–Kier alpha value is -0.980. The number of rotatable bonds is 3. The number of hydrogen-bond donors (Lipinski definition) is 2. The summed E-state index contributed by atoms with van der Waals surface area (Å²) in [6.07, 6.45) is 5.60. The largest absolute Gasteiger partial charge is 0.389 e. The molecule has 6 heteroatoms. The fraction of sp³-hybridized carbons (Fsp3) is 0.733. The highest BCUT2D eigenvalue weighted by atomic mass is 32.1. The van der Waals surface area contributed by atoms with Crippen LogP contribution in [0.15, 0.2) is 5.38 Å². The van der Waals surface area contributed by atoms with Gasteiger partial charge in [-0.15, -0.1) is 11.3 Å². The first-order valence-electron chi connectivity index (χ1n) is 7.78. The summed E-state index contributed by atoms with van der Waals surface area (Å²) in [6.45, 7) is 1.86. The van der Waals surface area contributed by atoms with E-state index < -0.39 is 5.60 Å². The second kappa shape index (κ2) is 6.02. The summed E-state index contributed by atoms with van der Waals surface area (Å²) in [7, 11) is 0. The maximum Gasteiger partial charge on any atom is 0.273 e. The molecule has 3 N–H and O–H groups in total. The van der Waals surface area contributed by atoms with Crippen LogP contribution in [-0.2, 0) is 6.42 Å². The first kappa shape index (κ1) is 14.9. The Kier molecular flexibility index (Phi) is 4.28. The minimum Gasteiger partial charge on any atom is -0.389 e. The molecule has 0 spiro atoms. The molecule has 1 saturated carbocycles. The Bertz CT molecular complexity index is 519. The lowest BCUT2D eigenvalue weighted by molar-refractivity contribution is -0.0886. The van der Waals surface area contributed by atoms with Crippen molar-refractivity contribution in [3.63, 3.8) is 0 Å². The van der Waals surface area contributed by atoms with Crippen LogP contribution in [0.25, 0.3) is 0 Å². The van der Waals surface area contributed by atoms with Crippen LogP contribution in [0, 0.1) is 5.92 Å². The van der Waals surface area contributed by atoms with Crippen molar-refractivity contribution in [2.45, 2.75) is 44.1 Å². The van der Waals surface area contributed by atoms with Crippen molar-refractivity contribution < 1.29 is 9.90 Å². The fourth-order valence-electron chi connectivity index (χ4n) is 3.56. The maximum atomic E-state index is 12.6. The van der Waals surface area contributed by atoms with Gasteiger partial charge in [0.05, 0.1) is 10.6 Å². The Morgan fingerprint density at radius 2 is 2.38 bits per heavy atom. The summed E-state index contributed by atoms with van der Waals surface area (Å²) in [6, 6.07) is 0. The van der Waals surface area contributed by atoms with E-state index in [1.807, 2.05) is 10.3 Å². The number of aliphatic hydroxyl groups is 1. The predicted octanol–water partition coefficient (Wildman–Crippen LogP) is 1.41. The van der Waals surface area contributed by atoms with Crippen molar-refractivity contribution in [1.29, 1.82) is 0 Å². The topological polar surface area (TPSA) is 79.5 Å². The van der Waals surface area contributed by atoms with E-state index in [2.05, 4.69) is 4.98 Å². The van der Waals surface area contributed by atoms with Gasteiger partial charge in [0, 0.05) is 30.8 Å². The highest BCUT2D eigenvalue weighted by molar-refractivity contribution is 7.09. The second-order valence-electron chi connectivity index (χ2n) is 6.21. The van der Waals surface area contributed by atoms with Crippen molar-refractivity contribution in [2.24, 2.45) is 11.7 Å². The van der Waals surface area contributed by atoms with Crippen molar-refractivity contribution in [1.82, 2.24) is 9.88 Å². The molecule has 116 valence electrons. The molecule has 1 saturated heterocycles. The molecule has 1 aliphatic carbocycles. The van der Waals surface area contributed by atoms with E-state index >= 15 is 0 Å². The molecular formula is C15H23N3O2S. The molecule has 1 amide bonds. The van der Waals surface area contributed by atoms with Crippen LogP contribution in [0.4, 0.5) is 0 Å². The molecule has 0 bridgehead atoms. The number of carbonyl (C=O) groups is 1. The van der Waals surface area contributed by atoms with Crippen LogP contribution >= 0.6 is 11.3 Å². The van der Waals surface area contributed by atoms with E-state index in [0.29, 0.717) is 31.7 Å². The summed E-state index contributed by atoms with van der Waals surface area (Å²) >= 11 is 1.50. The molecule has 1 aromatic rings. The van der Waals surface area contributed by atoms with Crippen LogP contribution in [0.2, 0.25) is 0 Å². The van der Waals surface area contributed by atoms with Gasteiger partial charge in [0.15, 0.2) is 0 Å². The molecule has 2 aliphatic rings. The number of piperidine rings is 1.